The van der Waals surface area contributed by atoms with Crippen LogP contribution in [0.1, 0.15) is 51.4 Å². The van der Waals surface area contributed by atoms with E-state index in [1.165, 1.54) is 6.07 Å². The highest BCUT2D eigenvalue weighted by molar-refractivity contribution is 6.00. The number of nitrogens with one attached hydrogen (secondary N) is 2. The summed E-state index contributed by atoms with van der Waals surface area (Å²) in [4.78, 5) is 38.0. The van der Waals surface area contributed by atoms with E-state index in [-0.39, 0.29) is 23.6 Å². The molecule has 0 aliphatic rings. The fraction of sp³-hybridized carbons (Fsp3) is 0.278. The fourth-order valence-electron chi connectivity index (χ4n) is 2.65. The molecule has 0 unspecified atom stereocenters. The maximum Gasteiger partial charge on any atom is 0.265 e. The number of carbonyl (C=O) groups excluding carboxylic acids is 2. The molecule has 1 aromatic heterocycles. The van der Waals surface area contributed by atoms with Gasteiger partial charge in [-0.1, -0.05) is 26.0 Å². The van der Waals surface area contributed by atoms with Crippen molar-refractivity contribution in [3.63, 3.8) is 0 Å². The van der Waals surface area contributed by atoms with Crippen molar-refractivity contribution < 1.29 is 14.0 Å². The number of carbonyl (C=O) groups is 2. The zero-order valence-electron chi connectivity index (χ0n) is 14.1. The first-order valence-corrected chi connectivity index (χ1v) is 7.98. The molecule has 2 amide bonds. The van der Waals surface area contributed by atoms with Crippen LogP contribution in [0.2, 0.25) is 0 Å². The first-order chi connectivity index (χ1) is 11.9. The maximum atomic E-state index is 13.5. The van der Waals surface area contributed by atoms with Gasteiger partial charge >= 0.3 is 0 Å². The molecule has 0 radical (unpaired) electrons. The van der Waals surface area contributed by atoms with Crippen molar-refractivity contribution in [3.8, 4) is 0 Å². The van der Waals surface area contributed by atoms with Crippen LogP contribution in [0.25, 0.3) is 0 Å². The average molecular weight is 345 g/mol. The number of aromatic nitrogens is 1. The molecule has 132 valence electrons. The summed E-state index contributed by atoms with van der Waals surface area (Å²) < 4.78 is 13.5. The second-order valence-electron chi connectivity index (χ2n) is 5.58. The maximum absolute atomic E-state index is 13.5. The number of benzene rings is 1. The van der Waals surface area contributed by atoms with Gasteiger partial charge in [-0.2, -0.15) is 0 Å². The molecule has 0 atom stereocenters. The molecule has 0 aliphatic heterocycles. The van der Waals surface area contributed by atoms with Crippen LogP contribution in [-0.2, 0) is 19.4 Å². The minimum atomic E-state index is -0.797. The van der Waals surface area contributed by atoms with E-state index in [9.17, 15) is 18.8 Å². The highest BCUT2D eigenvalue weighted by atomic mass is 19.1. The van der Waals surface area contributed by atoms with Crippen molar-refractivity contribution in [2.75, 3.05) is 0 Å². The minimum absolute atomic E-state index is 0.0600. The second kappa shape index (κ2) is 7.74. The lowest BCUT2D eigenvalue weighted by molar-refractivity contribution is 0.0949. The van der Waals surface area contributed by atoms with Gasteiger partial charge in [0.1, 0.15) is 11.5 Å². The van der Waals surface area contributed by atoms with E-state index in [0.717, 1.165) is 11.6 Å². The summed E-state index contributed by atoms with van der Waals surface area (Å²) >= 11 is 0. The van der Waals surface area contributed by atoms with Crippen molar-refractivity contribution >= 4 is 11.8 Å². The van der Waals surface area contributed by atoms with Gasteiger partial charge in [-0.05, 0) is 35.6 Å². The van der Waals surface area contributed by atoms with Crippen LogP contribution in [0.15, 0.2) is 29.1 Å². The molecule has 2 aromatic rings. The number of hydrogen-bond acceptors (Lipinski definition) is 3. The van der Waals surface area contributed by atoms with Crippen LogP contribution in [0.3, 0.4) is 0 Å². The smallest absolute Gasteiger partial charge is 0.265 e. The molecule has 0 fully saturated rings. The molecule has 0 bridgehead atoms. The molecule has 1 aromatic carbocycles. The van der Waals surface area contributed by atoms with E-state index in [1.807, 2.05) is 6.92 Å². The normalized spacial score (nSPS) is 10.5. The van der Waals surface area contributed by atoms with E-state index in [4.69, 9.17) is 5.73 Å². The Hall–Kier alpha value is -2.96. The number of hydrogen-bond donors (Lipinski definition) is 3. The van der Waals surface area contributed by atoms with Crippen LogP contribution in [0.4, 0.5) is 4.39 Å². The summed E-state index contributed by atoms with van der Waals surface area (Å²) in [5, 5.41) is 2.69. The van der Waals surface area contributed by atoms with Crippen molar-refractivity contribution in [1.82, 2.24) is 10.3 Å². The zero-order valence-corrected chi connectivity index (χ0v) is 14.1. The number of aryl methyl sites for hydroxylation is 1. The van der Waals surface area contributed by atoms with Crippen LogP contribution in [0.5, 0.6) is 0 Å². The van der Waals surface area contributed by atoms with E-state index >= 15 is 0 Å². The van der Waals surface area contributed by atoms with Gasteiger partial charge in [-0.3, -0.25) is 14.4 Å². The van der Waals surface area contributed by atoms with Gasteiger partial charge in [0, 0.05) is 12.6 Å². The third-order valence-electron chi connectivity index (χ3n) is 3.94. The number of H-pyrrole nitrogens is 1. The van der Waals surface area contributed by atoms with Gasteiger partial charge < -0.3 is 16.0 Å². The fourth-order valence-corrected chi connectivity index (χ4v) is 2.65. The van der Waals surface area contributed by atoms with Crippen molar-refractivity contribution in [1.29, 1.82) is 0 Å². The van der Waals surface area contributed by atoms with Crippen molar-refractivity contribution in [3.05, 3.63) is 68.4 Å². The molecule has 0 spiro atoms. The van der Waals surface area contributed by atoms with Gasteiger partial charge in [0.2, 0.25) is 5.56 Å². The monoisotopic (exact) mass is 345 g/mol. The topological polar surface area (TPSA) is 105 Å². The van der Waals surface area contributed by atoms with Crippen LogP contribution in [0, 0.1) is 5.82 Å². The van der Waals surface area contributed by atoms with E-state index < -0.39 is 17.4 Å². The quantitative estimate of drug-likeness (QED) is 0.741. The Labute approximate surface area is 144 Å². The summed E-state index contributed by atoms with van der Waals surface area (Å²) in [7, 11) is 0. The molecular formula is C18H20FN3O3. The third-order valence-corrected chi connectivity index (χ3v) is 3.94. The Morgan fingerprint density at radius 1 is 1.20 bits per heavy atom. The third kappa shape index (κ3) is 4.12. The van der Waals surface area contributed by atoms with E-state index in [0.29, 0.717) is 24.0 Å². The minimum Gasteiger partial charge on any atom is -0.364 e. The van der Waals surface area contributed by atoms with Crippen molar-refractivity contribution in [2.24, 2.45) is 5.73 Å². The molecule has 2 rings (SSSR count). The lowest BCUT2D eigenvalue weighted by atomic mass is 10.0. The van der Waals surface area contributed by atoms with E-state index in [1.54, 1.807) is 19.1 Å². The summed E-state index contributed by atoms with van der Waals surface area (Å²) in [6.45, 7) is 3.77. The summed E-state index contributed by atoms with van der Waals surface area (Å²) in [6.07, 6.45) is 0.901. The summed E-state index contributed by atoms with van der Waals surface area (Å²) in [6, 6.07) is 5.77. The largest absolute Gasteiger partial charge is 0.364 e. The number of halogens is 1. The van der Waals surface area contributed by atoms with E-state index in [2.05, 4.69) is 10.3 Å². The number of aromatic amines is 1. The molecule has 0 aliphatic carbocycles. The Bertz CT molecular complexity index is 874. The summed E-state index contributed by atoms with van der Waals surface area (Å²) in [5.41, 5.74) is 6.42. The zero-order chi connectivity index (χ0) is 18.6. The van der Waals surface area contributed by atoms with Crippen molar-refractivity contribution in [2.45, 2.75) is 33.2 Å². The first-order valence-electron chi connectivity index (χ1n) is 7.98. The van der Waals surface area contributed by atoms with Crippen LogP contribution in [-0.4, -0.2) is 16.8 Å². The van der Waals surface area contributed by atoms with Crippen LogP contribution < -0.4 is 16.6 Å². The molecule has 0 saturated carbocycles. The average Bonchev–Trinajstić information content (AvgIpc) is 2.59. The number of rotatable bonds is 6. The summed E-state index contributed by atoms with van der Waals surface area (Å²) in [5.74, 6) is -1.57. The van der Waals surface area contributed by atoms with Gasteiger partial charge in [0.25, 0.3) is 11.8 Å². The highest BCUT2D eigenvalue weighted by Gasteiger charge is 2.18. The number of amides is 2. The highest BCUT2D eigenvalue weighted by Crippen LogP contribution is 2.13. The predicted molar refractivity (Wildman–Crippen MR) is 91.9 cm³/mol. The molecule has 1 heterocycles. The predicted octanol–water partition coefficient (Wildman–Crippen LogP) is 1.67. The van der Waals surface area contributed by atoms with Gasteiger partial charge in [0.05, 0.1) is 5.56 Å². The SMILES string of the molecule is CCc1cc(CNC(=O)c2cc(=O)[nH]c(C(N)=O)c2CC)ccc1F. The lowest BCUT2D eigenvalue weighted by Crippen LogP contribution is -2.29. The lowest BCUT2D eigenvalue weighted by Gasteiger charge is -2.12. The standard InChI is InChI=1S/C18H20FN3O3/c1-3-11-7-10(5-6-14(11)19)9-21-18(25)13-8-15(23)22-16(17(20)24)12(13)4-2/h5-8H,3-4,9H2,1-2H3,(H2,20,24)(H,21,25)(H,22,23). The Morgan fingerprint density at radius 3 is 2.52 bits per heavy atom. The van der Waals surface area contributed by atoms with Crippen LogP contribution >= 0.6 is 0 Å². The molecule has 25 heavy (non-hydrogen) atoms. The second-order valence-corrected chi connectivity index (χ2v) is 5.58. The first kappa shape index (κ1) is 18.4. The molecule has 4 N–H and O–H groups in total. The number of nitrogens with two attached hydrogens (primary N) is 1. The molecular weight excluding hydrogens is 325 g/mol. The molecule has 6 nitrogen and oxygen atoms in total. The van der Waals surface area contributed by atoms with Gasteiger partial charge in [-0.15, -0.1) is 0 Å². The molecule has 0 saturated heterocycles. The van der Waals surface area contributed by atoms with Gasteiger partial charge in [0.15, 0.2) is 0 Å². The Kier molecular flexibility index (Phi) is 5.69. The Morgan fingerprint density at radius 2 is 1.92 bits per heavy atom. The molecule has 7 heteroatoms. The number of primary amides is 1. The van der Waals surface area contributed by atoms with Gasteiger partial charge in [-0.25, -0.2) is 4.39 Å². The Balaban J connectivity index is 2.27. The number of pyridine rings is 1.